The standard InChI is InChI=1S/C27H26F6O4/c1-13-7-19-15(9-17(13)34-23(32)21(28)29)25(3,4)11-27(36-19)12-26(5,6)16-10-18(35-24(33)22(30)31)14(2)8-20(16)37-27/h7-10H,11-12H2,1-6H3. The third-order valence-electron chi connectivity index (χ3n) is 6.72. The fourth-order valence-corrected chi connectivity index (χ4v) is 5.21. The zero-order valence-electron chi connectivity index (χ0n) is 21.1. The molecule has 0 bridgehead atoms. The molecule has 0 unspecified atom stereocenters. The molecule has 2 aromatic rings. The Morgan fingerprint density at radius 1 is 0.649 bits per heavy atom. The lowest BCUT2D eigenvalue weighted by Gasteiger charge is -2.51. The zero-order chi connectivity index (χ0) is 27.5. The van der Waals surface area contributed by atoms with Crippen LogP contribution in [0.3, 0.4) is 0 Å². The first-order valence-corrected chi connectivity index (χ1v) is 11.5. The van der Waals surface area contributed by atoms with E-state index in [-0.39, 0.29) is 11.5 Å². The van der Waals surface area contributed by atoms with E-state index in [4.69, 9.17) is 18.9 Å². The Kier molecular flexibility index (Phi) is 6.45. The van der Waals surface area contributed by atoms with E-state index in [1.54, 1.807) is 26.0 Å². The molecule has 10 heteroatoms. The Hall–Kier alpha value is -3.30. The molecule has 2 heterocycles. The minimum atomic E-state index is -2.56. The quantitative estimate of drug-likeness (QED) is 0.294. The van der Waals surface area contributed by atoms with E-state index in [0.717, 1.165) is 0 Å². The summed E-state index contributed by atoms with van der Waals surface area (Å²) in [7, 11) is 0. The minimum absolute atomic E-state index is 0.0546. The van der Waals surface area contributed by atoms with Gasteiger partial charge < -0.3 is 18.9 Å². The molecule has 4 nitrogen and oxygen atoms in total. The molecule has 1 spiro atoms. The number of ether oxygens (including phenoxy) is 4. The van der Waals surface area contributed by atoms with Gasteiger partial charge in [0.15, 0.2) is 0 Å². The number of rotatable bonds is 4. The molecule has 0 fully saturated rings. The molecule has 2 aliphatic heterocycles. The molecule has 2 aliphatic rings. The van der Waals surface area contributed by atoms with Crippen LogP contribution in [0, 0.1) is 13.8 Å². The molecule has 0 aliphatic carbocycles. The topological polar surface area (TPSA) is 36.9 Å². The average molecular weight is 528 g/mol. The van der Waals surface area contributed by atoms with Crippen molar-refractivity contribution < 1.29 is 45.3 Å². The van der Waals surface area contributed by atoms with Crippen LogP contribution in [0.15, 0.2) is 48.5 Å². The van der Waals surface area contributed by atoms with Crippen LogP contribution in [0.5, 0.6) is 23.0 Å². The first kappa shape index (κ1) is 26.8. The molecular weight excluding hydrogens is 502 g/mol. The van der Waals surface area contributed by atoms with Crippen LogP contribution >= 0.6 is 0 Å². The number of benzene rings is 2. The maximum absolute atomic E-state index is 13.5. The lowest BCUT2D eigenvalue weighted by Crippen LogP contribution is -2.55. The largest absolute Gasteiger partial charge is 0.452 e. The summed E-state index contributed by atoms with van der Waals surface area (Å²) in [6.45, 7) is 10.8. The second-order valence-corrected chi connectivity index (χ2v) is 10.7. The summed E-state index contributed by atoms with van der Waals surface area (Å²) in [5, 5.41) is 0. The fourth-order valence-electron chi connectivity index (χ4n) is 5.21. The summed E-state index contributed by atoms with van der Waals surface area (Å²) in [5.74, 6) is -0.370. The molecule has 0 saturated carbocycles. The monoisotopic (exact) mass is 528 g/mol. The maximum Gasteiger partial charge on any atom is 0.344 e. The van der Waals surface area contributed by atoms with E-state index in [1.807, 2.05) is 27.7 Å². The smallest absolute Gasteiger partial charge is 0.344 e. The van der Waals surface area contributed by atoms with Gasteiger partial charge in [0, 0.05) is 34.8 Å². The molecule has 0 atom stereocenters. The SMILES string of the molecule is Cc1cc2c(cc1OC(F)=C(F)F)C(C)(C)CC1(CC(C)(C)c3cc(OC(F)=C(F)F)c(C)cc3O1)O2. The van der Waals surface area contributed by atoms with Gasteiger partial charge in [0.05, 0.1) is 0 Å². The summed E-state index contributed by atoms with van der Waals surface area (Å²) >= 11 is 0. The van der Waals surface area contributed by atoms with Crippen molar-refractivity contribution in [3.63, 3.8) is 0 Å². The lowest BCUT2D eigenvalue weighted by molar-refractivity contribution is -0.166. The lowest BCUT2D eigenvalue weighted by atomic mass is 9.69. The highest BCUT2D eigenvalue weighted by Crippen LogP contribution is 2.55. The van der Waals surface area contributed by atoms with Gasteiger partial charge in [0.1, 0.15) is 23.0 Å². The van der Waals surface area contributed by atoms with E-state index in [2.05, 4.69) is 0 Å². The first-order chi connectivity index (χ1) is 17.0. The van der Waals surface area contributed by atoms with Crippen molar-refractivity contribution in [3.05, 3.63) is 70.7 Å². The Bertz CT molecular complexity index is 1220. The Morgan fingerprint density at radius 3 is 1.32 bits per heavy atom. The van der Waals surface area contributed by atoms with Gasteiger partial charge in [-0.15, -0.1) is 0 Å². The van der Waals surface area contributed by atoms with E-state index < -0.39 is 40.8 Å². The highest BCUT2D eigenvalue weighted by molar-refractivity contribution is 5.54. The molecule has 4 rings (SSSR count). The molecular formula is C27H26F6O4. The third-order valence-corrected chi connectivity index (χ3v) is 6.72. The van der Waals surface area contributed by atoms with Crippen molar-refractivity contribution in [2.75, 3.05) is 0 Å². The van der Waals surface area contributed by atoms with Crippen molar-refractivity contribution in [1.82, 2.24) is 0 Å². The van der Waals surface area contributed by atoms with Gasteiger partial charge in [-0.2, -0.15) is 26.3 Å². The van der Waals surface area contributed by atoms with Crippen LogP contribution in [-0.2, 0) is 10.8 Å². The Labute approximate surface area is 210 Å². The fraction of sp³-hybridized carbons (Fsp3) is 0.407. The molecule has 0 amide bonds. The molecule has 200 valence electrons. The second kappa shape index (κ2) is 8.92. The van der Waals surface area contributed by atoms with E-state index in [1.165, 1.54) is 12.1 Å². The van der Waals surface area contributed by atoms with Crippen LogP contribution in [0.25, 0.3) is 0 Å². The Morgan fingerprint density at radius 2 is 1.00 bits per heavy atom. The number of hydrogen-bond donors (Lipinski definition) is 0. The summed E-state index contributed by atoms with van der Waals surface area (Å²) < 4.78 is 99.7. The van der Waals surface area contributed by atoms with Gasteiger partial charge in [0.2, 0.25) is 0 Å². The van der Waals surface area contributed by atoms with E-state index in [9.17, 15) is 26.3 Å². The third kappa shape index (κ3) is 4.98. The molecule has 0 N–H and O–H groups in total. The zero-order valence-corrected chi connectivity index (χ0v) is 21.1. The summed E-state index contributed by atoms with van der Waals surface area (Å²) in [6.07, 6.45) is -4.42. The second-order valence-electron chi connectivity index (χ2n) is 10.7. The van der Waals surface area contributed by atoms with Crippen LogP contribution in [0.2, 0.25) is 0 Å². The molecule has 37 heavy (non-hydrogen) atoms. The first-order valence-electron chi connectivity index (χ1n) is 11.5. The van der Waals surface area contributed by atoms with Crippen molar-refractivity contribution in [2.45, 2.75) is 71.0 Å². The van der Waals surface area contributed by atoms with Crippen molar-refractivity contribution >= 4 is 0 Å². The predicted molar refractivity (Wildman–Crippen MR) is 124 cm³/mol. The summed E-state index contributed by atoms with van der Waals surface area (Å²) in [6, 6.07) is 2.22. The molecule has 0 saturated heterocycles. The van der Waals surface area contributed by atoms with Crippen LogP contribution in [0.4, 0.5) is 26.3 Å². The van der Waals surface area contributed by atoms with Gasteiger partial charge in [-0.1, -0.05) is 27.7 Å². The normalized spacial score (nSPS) is 18.1. The highest BCUT2D eigenvalue weighted by atomic mass is 19.3. The highest BCUT2D eigenvalue weighted by Gasteiger charge is 2.53. The molecule has 0 radical (unpaired) electrons. The van der Waals surface area contributed by atoms with E-state index in [0.29, 0.717) is 46.6 Å². The van der Waals surface area contributed by atoms with Crippen LogP contribution in [0.1, 0.15) is 62.8 Å². The summed E-state index contributed by atoms with van der Waals surface area (Å²) in [4.78, 5) is 0. The van der Waals surface area contributed by atoms with Gasteiger partial charge in [0.25, 0.3) is 5.79 Å². The number of aryl methyl sites for hydroxylation is 2. The van der Waals surface area contributed by atoms with Crippen molar-refractivity contribution in [2.24, 2.45) is 0 Å². The average Bonchev–Trinajstić information content (AvgIpc) is 2.74. The number of hydrogen-bond acceptors (Lipinski definition) is 4. The van der Waals surface area contributed by atoms with Gasteiger partial charge >= 0.3 is 24.2 Å². The van der Waals surface area contributed by atoms with Crippen molar-refractivity contribution in [3.8, 4) is 23.0 Å². The Balaban J connectivity index is 1.74. The van der Waals surface area contributed by atoms with Gasteiger partial charge in [-0.05, 0) is 49.2 Å². The maximum atomic E-state index is 13.5. The molecule has 2 aromatic carbocycles. The van der Waals surface area contributed by atoms with Crippen LogP contribution < -0.4 is 18.9 Å². The minimum Gasteiger partial charge on any atom is -0.452 e. The van der Waals surface area contributed by atoms with Crippen LogP contribution in [-0.4, -0.2) is 5.79 Å². The number of fused-ring (bicyclic) bond motifs is 2. The van der Waals surface area contributed by atoms with Gasteiger partial charge in [-0.3, -0.25) is 0 Å². The number of halogens is 6. The molecule has 0 aromatic heterocycles. The van der Waals surface area contributed by atoms with Gasteiger partial charge in [-0.25, -0.2) is 0 Å². The predicted octanol–water partition coefficient (Wildman–Crippen LogP) is 8.65. The van der Waals surface area contributed by atoms with E-state index >= 15 is 0 Å². The summed E-state index contributed by atoms with van der Waals surface area (Å²) in [5.41, 5.74) is 0.817. The van der Waals surface area contributed by atoms with Crippen molar-refractivity contribution in [1.29, 1.82) is 0 Å².